The van der Waals surface area contributed by atoms with E-state index >= 15 is 0 Å². The Morgan fingerprint density at radius 3 is 2.12 bits per heavy atom. The zero-order chi connectivity index (χ0) is 24.6. The molecule has 180 valence electrons. The monoisotopic (exact) mass is 489 g/mol. The largest absolute Gasteiger partial charge is 0.416 e. The van der Waals surface area contributed by atoms with E-state index in [9.17, 15) is 26.3 Å². The fourth-order valence-electron chi connectivity index (χ4n) is 4.50. The minimum atomic E-state index is -4.92. The third-order valence-corrected chi connectivity index (χ3v) is 6.13. The molecule has 0 heterocycles. The summed E-state index contributed by atoms with van der Waals surface area (Å²) in [6.07, 6.45) is -8.39. The highest BCUT2D eigenvalue weighted by Crippen LogP contribution is 2.42. The fraction of sp³-hybridized carbons (Fsp3) is 0.435. The Hall–Kier alpha value is -2.33. The lowest BCUT2D eigenvalue weighted by Crippen LogP contribution is -2.45. The smallest absolute Gasteiger partial charge is 0.359 e. The molecule has 0 spiro atoms. The minimum absolute atomic E-state index is 0.0252. The molecule has 0 aromatic heterocycles. The van der Waals surface area contributed by atoms with Crippen LogP contribution in [0.3, 0.4) is 0 Å². The number of nitrogens with one attached hydrogen (secondary N) is 2. The molecule has 3 rings (SSSR count). The molecular weight excluding hydrogens is 464 g/mol. The third kappa shape index (κ3) is 5.78. The van der Waals surface area contributed by atoms with Crippen LogP contribution in [-0.2, 0) is 18.8 Å². The Morgan fingerprint density at radius 1 is 1.03 bits per heavy atom. The third-order valence-electron chi connectivity index (χ3n) is 5.91. The van der Waals surface area contributed by atoms with Crippen LogP contribution in [0.2, 0.25) is 0 Å². The average molecular weight is 490 g/mol. The number of alkyl halides is 6. The van der Waals surface area contributed by atoms with E-state index in [0.29, 0.717) is 18.6 Å². The van der Waals surface area contributed by atoms with Crippen molar-refractivity contribution < 1.29 is 26.3 Å². The van der Waals surface area contributed by atoms with E-state index in [1.165, 1.54) is 11.1 Å². The van der Waals surface area contributed by atoms with Gasteiger partial charge in [-0.05, 0) is 68.5 Å². The van der Waals surface area contributed by atoms with Gasteiger partial charge in [0, 0.05) is 23.7 Å². The second-order valence-corrected chi connectivity index (χ2v) is 8.79. The predicted octanol–water partition coefficient (Wildman–Crippen LogP) is 6.26. The molecule has 2 N–H and O–H groups in total. The highest BCUT2D eigenvalue weighted by Gasteiger charge is 2.39. The maximum Gasteiger partial charge on any atom is 0.416 e. The molecule has 1 unspecified atom stereocenters. The molecule has 1 aliphatic rings. The number of fused-ring (bicyclic) bond motifs is 1. The first kappa shape index (κ1) is 25.3. The molecule has 0 aliphatic heterocycles. The van der Waals surface area contributed by atoms with Gasteiger partial charge in [-0.2, -0.15) is 26.3 Å². The zero-order valence-electron chi connectivity index (χ0n) is 18.3. The van der Waals surface area contributed by atoms with E-state index in [2.05, 4.69) is 27.7 Å². The van der Waals surface area contributed by atoms with Gasteiger partial charge in [-0.1, -0.05) is 31.2 Å². The van der Waals surface area contributed by atoms with E-state index in [1.54, 1.807) is 0 Å². The van der Waals surface area contributed by atoms with Crippen LogP contribution in [0, 0.1) is 5.92 Å². The number of nitrogens with zero attached hydrogens (tertiary/aromatic N) is 1. The van der Waals surface area contributed by atoms with Gasteiger partial charge in [0.2, 0.25) is 0 Å². The van der Waals surface area contributed by atoms with E-state index in [1.807, 2.05) is 33.2 Å². The first-order valence-corrected chi connectivity index (χ1v) is 10.8. The molecule has 0 amide bonds. The first-order chi connectivity index (χ1) is 15.3. The predicted molar refractivity (Wildman–Crippen MR) is 120 cm³/mol. The zero-order valence-corrected chi connectivity index (χ0v) is 19.1. The number of halogens is 6. The Morgan fingerprint density at radius 2 is 1.61 bits per heavy atom. The van der Waals surface area contributed by atoms with Gasteiger partial charge >= 0.3 is 12.4 Å². The lowest BCUT2D eigenvalue weighted by molar-refractivity contribution is -0.143. The van der Waals surface area contributed by atoms with Crippen molar-refractivity contribution in [3.63, 3.8) is 0 Å². The number of thiocarbonyl (C=S) groups is 1. The maximum absolute atomic E-state index is 13.1. The molecule has 3 atom stereocenters. The van der Waals surface area contributed by atoms with E-state index in [4.69, 9.17) is 12.2 Å². The second-order valence-electron chi connectivity index (χ2n) is 8.38. The van der Waals surface area contributed by atoms with Crippen LogP contribution in [0.4, 0.5) is 32.0 Å². The minimum Gasteiger partial charge on any atom is -0.359 e. The number of anilines is 1. The Balaban J connectivity index is 1.81. The molecule has 0 fully saturated rings. The molecule has 3 nitrogen and oxygen atoms in total. The van der Waals surface area contributed by atoms with Crippen molar-refractivity contribution in [2.75, 3.05) is 19.4 Å². The summed E-state index contributed by atoms with van der Waals surface area (Å²) >= 11 is 5.28. The lowest BCUT2D eigenvalue weighted by atomic mass is 9.90. The van der Waals surface area contributed by atoms with Crippen LogP contribution in [-0.4, -0.2) is 30.1 Å². The second kappa shape index (κ2) is 9.50. The lowest BCUT2D eigenvalue weighted by Gasteiger charge is -2.34. The fourth-order valence-corrected chi connectivity index (χ4v) is 4.77. The Bertz CT molecular complexity index is 970. The molecule has 2 aromatic rings. The topological polar surface area (TPSA) is 27.3 Å². The molecule has 0 saturated heterocycles. The Labute approximate surface area is 194 Å². The van der Waals surface area contributed by atoms with Crippen LogP contribution < -0.4 is 10.6 Å². The molecular formula is C23H25F6N3S. The van der Waals surface area contributed by atoms with Crippen LogP contribution >= 0.6 is 12.2 Å². The average Bonchev–Trinajstić information content (AvgIpc) is 3.10. The molecule has 0 saturated carbocycles. The number of rotatable bonds is 5. The van der Waals surface area contributed by atoms with Crippen molar-refractivity contribution in [1.29, 1.82) is 0 Å². The molecule has 2 aromatic carbocycles. The summed E-state index contributed by atoms with van der Waals surface area (Å²) in [6.45, 7) is 1.96. The van der Waals surface area contributed by atoms with Gasteiger partial charge < -0.3 is 15.5 Å². The SMILES string of the molecule is CC[C@@H](NC(=S)Nc1cc(C(F)(F)F)cc(C(F)(F)F)c1)C1Cc2ccccc2[C@H]1N(C)C. The van der Waals surface area contributed by atoms with Gasteiger partial charge in [-0.15, -0.1) is 0 Å². The molecule has 0 radical (unpaired) electrons. The van der Waals surface area contributed by atoms with Crippen LogP contribution in [0.15, 0.2) is 42.5 Å². The van der Waals surface area contributed by atoms with Crippen molar-refractivity contribution in [3.8, 4) is 0 Å². The summed E-state index contributed by atoms with van der Waals surface area (Å²) in [5, 5.41) is 5.63. The number of hydrogen-bond donors (Lipinski definition) is 2. The van der Waals surface area contributed by atoms with Crippen molar-refractivity contribution in [3.05, 3.63) is 64.7 Å². The summed E-state index contributed by atoms with van der Waals surface area (Å²) in [7, 11) is 3.95. The van der Waals surface area contributed by atoms with E-state index in [0.717, 1.165) is 6.42 Å². The first-order valence-electron chi connectivity index (χ1n) is 10.4. The number of hydrogen-bond acceptors (Lipinski definition) is 2. The maximum atomic E-state index is 13.1. The standard InChI is InChI=1S/C23H25F6N3S/c1-4-19(18-9-13-7-5-6-8-17(13)20(18)32(2)3)31-21(33)30-16-11-14(22(24,25)26)10-15(12-16)23(27,28)29/h5-8,10-12,18-20H,4,9H2,1-3H3,(H2,30,31,33)/t18?,19-,20-/m1/s1. The van der Waals surface area contributed by atoms with Gasteiger partial charge in [-0.3, -0.25) is 0 Å². The van der Waals surface area contributed by atoms with Crippen molar-refractivity contribution >= 4 is 23.0 Å². The highest BCUT2D eigenvalue weighted by atomic mass is 32.1. The summed E-state index contributed by atoms with van der Waals surface area (Å²) in [6, 6.07) is 9.39. The van der Waals surface area contributed by atoms with Gasteiger partial charge in [0.15, 0.2) is 5.11 Å². The molecule has 1 aliphatic carbocycles. The van der Waals surface area contributed by atoms with Crippen LogP contribution in [0.1, 0.15) is 41.6 Å². The molecule has 33 heavy (non-hydrogen) atoms. The summed E-state index contributed by atoms with van der Waals surface area (Å²) in [5.41, 5.74) is -0.738. The van der Waals surface area contributed by atoms with Crippen molar-refractivity contribution in [2.24, 2.45) is 5.92 Å². The van der Waals surface area contributed by atoms with Crippen molar-refractivity contribution in [1.82, 2.24) is 10.2 Å². The van der Waals surface area contributed by atoms with Gasteiger partial charge in [0.05, 0.1) is 11.1 Å². The van der Waals surface area contributed by atoms with Crippen molar-refractivity contribution in [2.45, 2.75) is 44.2 Å². The summed E-state index contributed by atoms with van der Waals surface area (Å²) in [5.74, 6) is 0.120. The molecule has 10 heteroatoms. The van der Waals surface area contributed by atoms with E-state index < -0.39 is 23.5 Å². The van der Waals surface area contributed by atoms with E-state index in [-0.39, 0.29) is 34.9 Å². The van der Waals surface area contributed by atoms with Gasteiger partial charge in [0.1, 0.15) is 0 Å². The van der Waals surface area contributed by atoms with Gasteiger partial charge in [-0.25, -0.2) is 0 Å². The quantitative estimate of drug-likeness (QED) is 0.383. The van der Waals surface area contributed by atoms with Crippen LogP contribution in [0.25, 0.3) is 0 Å². The Kier molecular flexibility index (Phi) is 7.28. The number of benzene rings is 2. The molecule has 0 bridgehead atoms. The summed E-state index contributed by atoms with van der Waals surface area (Å²) in [4.78, 5) is 2.11. The van der Waals surface area contributed by atoms with Gasteiger partial charge in [0.25, 0.3) is 0 Å². The normalized spacial score (nSPS) is 19.3. The summed E-state index contributed by atoms with van der Waals surface area (Å²) < 4.78 is 78.9. The highest BCUT2D eigenvalue weighted by molar-refractivity contribution is 7.80. The van der Waals surface area contributed by atoms with Crippen LogP contribution in [0.5, 0.6) is 0 Å².